The predicted molar refractivity (Wildman–Crippen MR) is 38.4 cm³/mol. The van der Waals surface area contributed by atoms with Crippen molar-refractivity contribution >= 4 is 11.2 Å². The van der Waals surface area contributed by atoms with Crippen LogP contribution in [0.15, 0.2) is 18.9 Å². The first-order valence-electron chi connectivity index (χ1n) is 2.72. The summed E-state index contributed by atoms with van der Waals surface area (Å²) in [6.07, 6.45) is 4.76. The molecule has 0 aliphatic heterocycles. The molecule has 0 unspecified atom stereocenters. The van der Waals surface area contributed by atoms with Gasteiger partial charge in [-0.2, -0.15) is 0 Å². The second-order valence-corrected chi connectivity index (χ2v) is 1.66. The van der Waals surface area contributed by atoms with E-state index in [-0.39, 0.29) is 0 Å². The summed E-state index contributed by atoms with van der Waals surface area (Å²) in [6, 6.07) is 0. The molecule has 11 heavy (non-hydrogen) atoms. The summed E-state index contributed by atoms with van der Waals surface area (Å²) < 4.78 is 0. The molecule has 2 rings (SSSR count). The molecule has 0 amide bonds. The first kappa shape index (κ1) is 7.26. The van der Waals surface area contributed by atoms with Crippen molar-refractivity contribution in [1.82, 2.24) is 19.9 Å². The molecule has 2 aromatic heterocycles. The fourth-order valence-electron chi connectivity index (χ4n) is 0.691. The van der Waals surface area contributed by atoms with Crippen LogP contribution in [0.1, 0.15) is 0 Å². The van der Waals surface area contributed by atoms with E-state index < -0.39 is 0 Å². The second-order valence-electron chi connectivity index (χ2n) is 1.66. The molecule has 0 aliphatic rings. The van der Waals surface area contributed by atoms with E-state index in [4.69, 9.17) is 9.93 Å². The molecule has 0 aromatic carbocycles. The number of nitrogens with one attached hydrogen (secondary N) is 1. The fourth-order valence-corrected chi connectivity index (χ4v) is 0.691. The largest absolute Gasteiger partial charge is 0.342 e. The van der Waals surface area contributed by atoms with Crippen LogP contribution in [-0.4, -0.2) is 19.9 Å². The van der Waals surface area contributed by atoms with Crippen LogP contribution in [0, 0.1) is 9.93 Å². The molecule has 0 fully saturated rings. The molecule has 0 atom stereocenters. The van der Waals surface area contributed by atoms with Crippen molar-refractivity contribution < 1.29 is 0 Å². The number of rotatable bonds is 0. The van der Waals surface area contributed by atoms with Crippen LogP contribution in [0.2, 0.25) is 0 Å². The van der Waals surface area contributed by atoms with E-state index in [0.29, 0.717) is 5.65 Å². The first-order chi connectivity index (χ1) is 5.47. The Hall–Kier alpha value is -1.85. The highest BCUT2D eigenvalue weighted by Crippen LogP contribution is 1.99. The minimum atomic E-state index is 0.713. The first-order valence-corrected chi connectivity index (χ1v) is 2.72. The molecule has 0 aliphatic carbocycles. The molecular weight excluding hydrogens is 148 g/mol. The highest BCUT2D eigenvalue weighted by Gasteiger charge is 1.91. The van der Waals surface area contributed by atoms with Gasteiger partial charge in [0, 0.05) is 9.93 Å². The Morgan fingerprint density at radius 2 is 2.09 bits per heavy atom. The lowest BCUT2D eigenvalue weighted by atomic mass is 10.6. The quantitative estimate of drug-likeness (QED) is 0.590. The van der Waals surface area contributed by atoms with Crippen LogP contribution >= 0.6 is 0 Å². The van der Waals surface area contributed by atoms with E-state index >= 15 is 0 Å². The average Bonchev–Trinajstić information content (AvgIpc) is 2.55. The number of hydrogen-bond donors (Lipinski definition) is 1. The molecule has 6 nitrogen and oxygen atoms in total. The van der Waals surface area contributed by atoms with Gasteiger partial charge < -0.3 is 4.98 Å². The third-order valence-electron chi connectivity index (χ3n) is 1.10. The van der Waals surface area contributed by atoms with Crippen molar-refractivity contribution in [3.05, 3.63) is 28.8 Å². The SMILES string of the molecule is O=O.c1ncc2[nH]cnc2n1. The zero-order valence-corrected chi connectivity index (χ0v) is 5.39. The number of aromatic nitrogens is 4. The van der Waals surface area contributed by atoms with Gasteiger partial charge in [0.25, 0.3) is 0 Å². The zero-order chi connectivity index (χ0) is 8.10. The second kappa shape index (κ2) is 3.35. The summed E-state index contributed by atoms with van der Waals surface area (Å²) in [5.41, 5.74) is 1.59. The van der Waals surface area contributed by atoms with E-state index in [2.05, 4.69) is 19.9 Å². The minimum absolute atomic E-state index is 0.713. The van der Waals surface area contributed by atoms with E-state index in [1.807, 2.05) is 0 Å². The van der Waals surface area contributed by atoms with E-state index in [9.17, 15) is 0 Å². The van der Waals surface area contributed by atoms with Crippen LogP contribution in [0.3, 0.4) is 0 Å². The Morgan fingerprint density at radius 1 is 1.27 bits per heavy atom. The monoisotopic (exact) mass is 152 g/mol. The molecule has 6 heteroatoms. The number of nitrogens with zero attached hydrogens (tertiary/aromatic N) is 3. The van der Waals surface area contributed by atoms with Gasteiger partial charge in [-0.15, -0.1) is 0 Å². The van der Waals surface area contributed by atoms with Crippen LogP contribution < -0.4 is 0 Å². The Labute approximate surface area is 60.9 Å². The molecule has 2 aromatic rings. The number of fused-ring (bicyclic) bond motifs is 1. The predicted octanol–water partition coefficient (Wildman–Crippen LogP) is 0.420. The third kappa shape index (κ3) is 1.34. The van der Waals surface area contributed by atoms with Gasteiger partial charge in [-0.05, 0) is 0 Å². The van der Waals surface area contributed by atoms with E-state index in [0.717, 1.165) is 5.52 Å². The molecule has 0 bridgehead atoms. The number of hydrogen-bond acceptors (Lipinski definition) is 5. The van der Waals surface area contributed by atoms with Crippen LogP contribution in [0.25, 0.3) is 11.2 Å². The summed E-state index contributed by atoms with van der Waals surface area (Å²) in [5.74, 6) is 0. The lowest BCUT2D eigenvalue weighted by Gasteiger charge is -1.80. The van der Waals surface area contributed by atoms with Gasteiger partial charge in [-0.25, -0.2) is 15.0 Å². The number of aromatic amines is 1. The zero-order valence-electron chi connectivity index (χ0n) is 5.39. The van der Waals surface area contributed by atoms with Crippen LogP contribution in [-0.2, 0) is 0 Å². The summed E-state index contributed by atoms with van der Waals surface area (Å²) in [5, 5.41) is 0. The summed E-state index contributed by atoms with van der Waals surface area (Å²) >= 11 is 0. The molecular formula is C5H4N4O2. The molecule has 2 heterocycles. The maximum Gasteiger partial charge on any atom is 0.180 e. The van der Waals surface area contributed by atoms with E-state index in [1.54, 1.807) is 12.5 Å². The highest BCUT2D eigenvalue weighted by molar-refractivity contribution is 5.67. The normalized spacial score (nSPS) is 8.73. The van der Waals surface area contributed by atoms with Gasteiger partial charge in [-0.1, -0.05) is 0 Å². The number of imidazole rings is 1. The van der Waals surface area contributed by atoms with Gasteiger partial charge in [0.1, 0.15) is 11.8 Å². The lowest BCUT2D eigenvalue weighted by Crippen LogP contribution is -1.76. The van der Waals surface area contributed by atoms with Gasteiger partial charge in [0.2, 0.25) is 0 Å². The van der Waals surface area contributed by atoms with Crippen LogP contribution in [0.4, 0.5) is 0 Å². The van der Waals surface area contributed by atoms with Crippen LogP contribution in [0.5, 0.6) is 0 Å². The molecule has 56 valence electrons. The van der Waals surface area contributed by atoms with Crippen molar-refractivity contribution in [1.29, 1.82) is 0 Å². The standard InChI is InChI=1S/C5H4N4.O2/c1-4-5(8-2-6-1)9-3-7-4;1-2/h1-3H,(H,6,7,8,9);. The number of H-pyrrole nitrogens is 1. The molecule has 0 saturated carbocycles. The Balaban J connectivity index is 0.000000281. The maximum atomic E-state index is 7.00. The summed E-state index contributed by atoms with van der Waals surface area (Å²) in [7, 11) is 0. The molecule has 0 spiro atoms. The summed E-state index contributed by atoms with van der Waals surface area (Å²) in [4.78, 5) is 28.5. The highest BCUT2D eigenvalue weighted by atomic mass is 16.7. The van der Waals surface area contributed by atoms with Crippen molar-refractivity contribution in [2.75, 3.05) is 0 Å². The van der Waals surface area contributed by atoms with Gasteiger partial charge in [0.05, 0.1) is 12.5 Å². The molecule has 1 N–H and O–H groups in total. The Bertz CT molecular complexity index is 303. The maximum absolute atomic E-state index is 7.00. The van der Waals surface area contributed by atoms with Gasteiger partial charge in [-0.3, -0.25) is 0 Å². The smallest absolute Gasteiger partial charge is 0.180 e. The van der Waals surface area contributed by atoms with Crippen molar-refractivity contribution in [3.63, 3.8) is 0 Å². The van der Waals surface area contributed by atoms with Gasteiger partial charge >= 0.3 is 0 Å². The average molecular weight is 152 g/mol. The topological polar surface area (TPSA) is 88.6 Å². The lowest BCUT2D eigenvalue weighted by molar-refractivity contribution is 1.20. The molecule has 0 radical (unpaired) electrons. The summed E-state index contributed by atoms with van der Waals surface area (Å²) in [6.45, 7) is 0. The van der Waals surface area contributed by atoms with Crippen molar-refractivity contribution in [2.24, 2.45) is 0 Å². The Kier molecular flexibility index (Phi) is 2.21. The van der Waals surface area contributed by atoms with E-state index in [1.165, 1.54) is 6.33 Å². The van der Waals surface area contributed by atoms with Crippen molar-refractivity contribution in [3.8, 4) is 0 Å². The van der Waals surface area contributed by atoms with Gasteiger partial charge in [0.15, 0.2) is 5.65 Å². The third-order valence-corrected chi connectivity index (χ3v) is 1.10. The fraction of sp³-hybridized carbons (Fsp3) is 0. The minimum Gasteiger partial charge on any atom is -0.342 e. The molecule has 0 saturated heterocycles. The van der Waals surface area contributed by atoms with Crippen molar-refractivity contribution in [2.45, 2.75) is 0 Å². The Morgan fingerprint density at radius 3 is 2.82 bits per heavy atom.